The van der Waals surface area contributed by atoms with Crippen LogP contribution in [0, 0.1) is 20.3 Å². The average molecular weight is 315 g/mol. The number of methoxy groups -OCH3 is 1. The molecule has 15 heavy (non-hydrogen) atoms. The van der Waals surface area contributed by atoms with E-state index in [9.17, 15) is 0 Å². The molecule has 0 N–H and O–H groups in total. The maximum atomic E-state index is 9.12. The van der Waals surface area contributed by atoms with E-state index in [4.69, 9.17) is 10.00 Å². The lowest BCUT2D eigenvalue weighted by Gasteiger charge is -2.27. The molecule has 0 amide bonds. The Labute approximate surface area is 104 Å². The van der Waals surface area contributed by atoms with E-state index in [0.29, 0.717) is 0 Å². The van der Waals surface area contributed by atoms with Crippen molar-refractivity contribution in [3.63, 3.8) is 0 Å². The third kappa shape index (κ3) is 2.70. The van der Waals surface area contributed by atoms with Gasteiger partial charge in [0, 0.05) is 10.7 Å². The zero-order valence-electron chi connectivity index (χ0n) is 9.12. The minimum Gasteiger partial charge on any atom is -0.375 e. The fourth-order valence-corrected chi connectivity index (χ4v) is 2.23. The summed E-state index contributed by atoms with van der Waals surface area (Å²) < 4.78 is 6.58. The molecular weight excluding hydrogens is 301 g/mol. The molecule has 3 heteroatoms. The second kappa shape index (κ2) is 4.95. The Bertz CT molecular complexity index is 381. The largest absolute Gasteiger partial charge is 0.375 e. The van der Waals surface area contributed by atoms with Crippen LogP contribution in [0.15, 0.2) is 24.3 Å². The predicted octanol–water partition coefficient (Wildman–Crippen LogP) is 3.53. The van der Waals surface area contributed by atoms with Gasteiger partial charge in [0.2, 0.25) is 0 Å². The van der Waals surface area contributed by atoms with Gasteiger partial charge in [0.25, 0.3) is 0 Å². The SMILES string of the molecule is COC(c1ccccc1I)C(C)(C)C#N. The molecule has 1 atom stereocenters. The molecular formula is C12H14INO. The van der Waals surface area contributed by atoms with Gasteiger partial charge in [-0.05, 0) is 48.1 Å². The molecule has 0 bridgehead atoms. The minimum atomic E-state index is -0.518. The lowest BCUT2D eigenvalue weighted by atomic mass is 9.84. The fraction of sp³-hybridized carbons (Fsp3) is 0.417. The first kappa shape index (κ1) is 12.5. The first-order valence-corrected chi connectivity index (χ1v) is 5.79. The Morgan fingerprint density at radius 1 is 1.40 bits per heavy atom. The summed E-state index contributed by atoms with van der Waals surface area (Å²) in [5, 5.41) is 9.12. The van der Waals surface area contributed by atoms with Crippen molar-refractivity contribution in [1.29, 1.82) is 5.26 Å². The van der Waals surface area contributed by atoms with E-state index in [1.165, 1.54) is 0 Å². The quantitative estimate of drug-likeness (QED) is 0.800. The summed E-state index contributed by atoms with van der Waals surface area (Å²) >= 11 is 2.27. The number of rotatable bonds is 3. The van der Waals surface area contributed by atoms with Crippen LogP contribution in [0.5, 0.6) is 0 Å². The van der Waals surface area contributed by atoms with Crippen molar-refractivity contribution in [3.8, 4) is 6.07 Å². The number of hydrogen-bond donors (Lipinski definition) is 0. The van der Waals surface area contributed by atoms with Gasteiger partial charge >= 0.3 is 0 Å². The zero-order valence-corrected chi connectivity index (χ0v) is 11.3. The molecule has 0 aliphatic heterocycles. The van der Waals surface area contributed by atoms with Gasteiger partial charge in [-0.25, -0.2) is 0 Å². The first-order valence-electron chi connectivity index (χ1n) is 4.71. The van der Waals surface area contributed by atoms with E-state index >= 15 is 0 Å². The molecule has 0 saturated heterocycles. The van der Waals surface area contributed by atoms with E-state index in [0.717, 1.165) is 9.13 Å². The average Bonchev–Trinajstić information content (AvgIpc) is 2.21. The highest BCUT2D eigenvalue weighted by atomic mass is 127. The van der Waals surface area contributed by atoms with E-state index in [1.807, 2.05) is 38.1 Å². The van der Waals surface area contributed by atoms with Crippen LogP contribution in [0.25, 0.3) is 0 Å². The van der Waals surface area contributed by atoms with Crippen LogP contribution < -0.4 is 0 Å². The molecule has 1 aromatic carbocycles. The Morgan fingerprint density at radius 2 is 2.00 bits per heavy atom. The third-order valence-corrected chi connectivity index (χ3v) is 3.35. The lowest BCUT2D eigenvalue weighted by Crippen LogP contribution is -2.22. The lowest BCUT2D eigenvalue weighted by molar-refractivity contribution is 0.0332. The van der Waals surface area contributed by atoms with E-state index in [-0.39, 0.29) is 6.10 Å². The molecule has 2 nitrogen and oxygen atoms in total. The highest BCUT2D eigenvalue weighted by Crippen LogP contribution is 2.37. The molecule has 1 rings (SSSR count). The molecule has 0 fully saturated rings. The number of nitriles is 1. The smallest absolute Gasteiger partial charge is 0.101 e. The van der Waals surface area contributed by atoms with Gasteiger partial charge in [0.1, 0.15) is 6.10 Å². The van der Waals surface area contributed by atoms with Gasteiger partial charge in [-0.3, -0.25) is 0 Å². The van der Waals surface area contributed by atoms with Crippen LogP contribution in [0.3, 0.4) is 0 Å². The van der Waals surface area contributed by atoms with Crippen molar-refractivity contribution in [1.82, 2.24) is 0 Å². The second-order valence-corrected chi connectivity index (χ2v) is 5.13. The number of hydrogen-bond acceptors (Lipinski definition) is 2. The van der Waals surface area contributed by atoms with Crippen LogP contribution in [0.2, 0.25) is 0 Å². The monoisotopic (exact) mass is 315 g/mol. The summed E-state index contributed by atoms with van der Waals surface area (Å²) in [7, 11) is 1.65. The van der Waals surface area contributed by atoms with Gasteiger partial charge in [-0.2, -0.15) is 5.26 Å². The molecule has 0 aliphatic carbocycles. The maximum Gasteiger partial charge on any atom is 0.101 e. The minimum absolute atomic E-state index is 0.185. The van der Waals surface area contributed by atoms with Crippen molar-refractivity contribution in [2.45, 2.75) is 20.0 Å². The van der Waals surface area contributed by atoms with Gasteiger partial charge in [-0.1, -0.05) is 18.2 Å². The fourth-order valence-electron chi connectivity index (χ4n) is 1.56. The number of benzene rings is 1. The van der Waals surface area contributed by atoms with Crippen molar-refractivity contribution in [3.05, 3.63) is 33.4 Å². The molecule has 1 unspecified atom stereocenters. The summed E-state index contributed by atoms with van der Waals surface area (Å²) in [5.74, 6) is 0. The molecule has 1 aromatic rings. The van der Waals surface area contributed by atoms with Gasteiger partial charge in [0.05, 0.1) is 11.5 Å². The highest BCUT2D eigenvalue weighted by Gasteiger charge is 2.32. The van der Waals surface area contributed by atoms with Crippen LogP contribution in [0.1, 0.15) is 25.5 Å². The van der Waals surface area contributed by atoms with Crippen molar-refractivity contribution >= 4 is 22.6 Å². The van der Waals surface area contributed by atoms with Crippen LogP contribution >= 0.6 is 22.6 Å². The summed E-state index contributed by atoms with van der Waals surface area (Å²) in [6, 6.07) is 10.3. The van der Waals surface area contributed by atoms with Gasteiger partial charge < -0.3 is 4.74 Å². The van der Waals surface area contributed by atoms with E-state index < -0.39 is 5.41 Å². The topological polar surface area (TPSA) is 33.0 Å². The summed E-state index contributed by atoms with van der Waals surface area (Å²) in [4.78, 5) is 0. The summed E-state index contributed by atoms with van der Waals surface area (Å²) in [6.45, 7) is 3.79. The molecule has 0 heterocycles. The normalized spacial score (nSPS) is 13.3. The van der Waals surface area contributed by atoms with E-state index in [2.05, 4.69) is 28.7 Å². The number of halogens is 1. The molecule has 0 saturated carbocycles. The summed E-state index contributed by atoms with van der Waals surface area (Å²) in [6.07, 6.45) is -0.185. The van der Waals surface area contributed by atoms with Crippen LogP contribution in [-0.4, -0.2) is 7.11 Å². The molecule has 80 valence electrons. The molecule has 0 radical (unpaired) electrons. The Balaban J connectivity index is 3.15. The van der Waals surface area contributed by atoms with Gasteiger partial charge in [0.15, 0.2) is 0 Å². The number of nitrogens with zero attached hydrogens (tertiary/aromatic N) is 1. The number of ether oxygens (including phenoxy) is 1. The summed E-state index contributed by atoms with van der Waals surface area (Å²) in [5.41, 5.74) is 0.558. The molecule has 0 spiro atoms. The van der Waals surface area contributed by atoms with E-state index in [1.54, 1.807) is 7.11 Å². The standard InChI is InChI=1S/C12H14INO/c1-12(2,8-14)11(15-3)9-6-4-5-7-10(9)13/h4-7,11H,1-3H3. The maximum absolute atomic E-state index is 9.12. The zero-order chi connectivity index (χ0) is 11.5. The molecule has 0 aromatic heterocycles. The second-order valence-electron chi connectivity index (χ2n) is 3.97. The van der Waals surface area contributed by atoms with Crippen molar-refractivity contribution in [2.75, 3.05) is 7.11 Å². The first-order chi connectivity index (χ1) is 7.03. The molecule has 0 aliphatic rings. The third-order valence-electron chi connectivity index (χ3n) is 2.37. The van der Waals surface area contributed by atoms with Crippen LogP contribution in [-0.2, 0) is 4.74 Å². The predicted molar refractivity (Wildman–Crippen MR) is 68.3 cm³/mol. The Morgan fingerprint density at radius 3 is 2.47 bits per heavy atom. The Hall–Kier alpha value is -0.600. The van der Waals surface area contributed by atoms with Gasteiger partial charge in [-0.15, -0.1) is 0 Å². The van der Waals surface area contributed by atoms with Crippen molar-refractivity contribution in [2.24, 2.45) is 5.41 Å². The highest BCUT2D eigenvalue weighted by molar-refractivity contribution is 14.1. The van der Waals surface area contributed by atoms with Crippen LogP contribution in [0.4, 0.5) is 0 Å². The van der Waals surface area contributed by atoms with Crippen molar-refractivity contribution < 1.29 is 4.74 Å². The Kier molecular flexibility index (Phi) is 4.12.